The Morgan fingerprint density at radius 3 is 2.14 bits per heavy atom. The first-order valence-corrected chi connectivity index (χ1v) is 11.7. The molecule has 0 radical (unpaired) electrons. The van der Waals surface area contributed by atoms with Crippen LogP contribution in [0.1, 0.15) is 18.4 Å². The molecule has 13 heteroatoms. The smallest absolute Gasteiger partial charge is 0.408 e. The van der Waals surface area contributed by atoms with Gasteiger partial charge in [0, 0.05) is 19.5 Å². The first-order chi connectivity index (χ1) is 17.4. The molecule has 13 nitrogen and oxygen atoms in total. The van der Waals surface area contributed by atoms with Gasteiger partial charge in [-0.15, -0.1) is 0 Å². The summed E-state index contributed by atoms with van der Waals surface area (Å²) in [5, 5.41) is 7.41. The lowest BCUT2D eigenvalue weighted by Crippen LogP contribution is -2.49. The fourth-order valence-corrected chi connectivity index (χ4v) is 2.70. The second-order valence-corrected chi connectivity index (χ2v) is 7.46. The van der Waals surface area contributed by atoms with Crippen LogP contribution in [0, 0.1) is 0 Å². The van der Waals surface area contributed by atoms with Crippen LogP contribution < -0.4 is 27.4 Å². The maximum Gasteiger partial charge on any atom is 0.408 e. The molecule has 0 fully saturated rings. The first kappa shape index (κ1) is 30.8. The van der Waals surface area contributed by atoms with Gasteiger partial charge in [-0.1, -0.05) is 30.3 Å². The predicted octanol–water partition coefficient (Wildman–Crippen LogP) is -1.21. The second-order valence-electron chi connectivity index (χ2n) is 7.46. The van der Waals surface area contributed by atoms with Crippen molar-refractivity contribution in [3.8, 4) is 0 Å². The highest BCUT2D eigenvalue weighted by Crippen LogP contribution is 2.02. The minimum Gasteiger partial charge on any atom is -0.445 e. The summed E-state index contributed by atoms with van der Waals surface area (Å²) in [6.45, 7) is 2.82. The molecule has 0 aliphatic carbocycles. The highest BCUT2D eigenvalue weighted by molar-refractivity contribution is 5.89. The minimum absolute atomic E-state index is 0.0106. The number of ether oxygens (including phenoxy) is 4. The van der Waals surface area contributed by atoms with Gasteiger partial charge in [0.1, 0.15) is 12.6 Å². The maximum absolute atomic E-state index is 12.5. The van der Waals surface area contributed by atoms with Gasteiger partial charge < -0.3 is 46.4 Å². The van der Waals surface area contributed by atoms with E-state index in [9.17, 15) is 19.2 Å². The Kier molecular flexibility index (Phi) is 17.1. The van der Waals surface area contributed by atoms with Crippen LogP contribution >= 0.6 is 0 Å². The normalized spacial score (nSPS) is 11.4. The average Bonchev–Trinajstić information content (AvgIpc) is 2.87. The van der Waals surface area contributed by atoms with E-state index in [1.54, 1.807) is 24.3 Å². The zero-order valence-electron chi connectivity index (χ0n) is 20.4. The fourth-order valence-electron chi connectivity index (χ4n) is 2.70. The molecule has 0 aliphatic rings. The number of rotatable bonds is 20. The number of amides is 4. The average molecular weight is 512 g/mol. The van der Waals surface area contributed by atoms with Crippen molar-refractivity contribution in [1.82, 2.24) is 16.0 Å². The van der Waals surface area contributed by atoms with Crippen molar-refractivity contribution in [3.05, 3.63) is 35.9 Å². The van der Waals surface area contributed by atoms with Crippen LogP contribution in [0.3, 0.4) is 0 Å². The number of benzene rings is 1. The Morgan fingerprint density at radius 2 is 1.50 bits per heavy atom. The van der Waals surface area contributed by atoms with Crippen molar-refractivity contribution < 1.29 is 38.1 Å². The first-order valence-electron chi connectivity index (χ1n) is 11.7. The van der Waals surface area contributed by atoms with Crippen LogP contribution in [0.5, 0.6) is 0 Å². The Morgan fingerprint density at radius 1 is 0.861 bits per heavy atom. The van der Waals surface area contributed by atoms with E-state index in [0.29, 0.717) is 39.6 Å². The van der Waals surface area contributed by atoms with Crippen LogP contribution in [0.4, 0.5) is 4.79 Å². The molecule has 1 rings (SSSR count). The summed E-state index contributed by atoms with van der Waals surface area (Å²) in [6, 6.07) is 7.89. The van der Waals surface area contributed by atoms with Crippen LogP contribution in [-0.2, 0) is 39.9 Å². The molecular weight excluding hydrogens is 474 g/mol. The van der Waals surface area contributed by atoms with Crippen molar-refractivity contribution in [2.45, 2.75) is 25.5 Å². The van der Waals surface area contributed by atoms with Crippen molar-refractivity contribution in [3.63, 3.8) is 0 Å². The summed E-state index contributed by atoms with van der Waals surface area (Å²) in [7, 11) is 0. The molecule has 0 spiro atoms. The van der Waals surface area contributed by atoms with Gasteiger partial charge in [-0.3, -0.25) is 14.4 Å². The molecule has 1 aromatic carbocycles. The minimum atomic E-state index is -1.10. The molecule has 202 valence electrons. The number of nitrogens with two attached hydrogens (primary N) is 2. The molecule has 0 unspecified atom stereocenters. The third-order valence-electron chi connectivity index (χ3n) is 4.50. The number of hydrogen-bond acceptors (Lipinski definition) is 9. The number of hydrogen-bond donors (Lipinski definition) is 5. The van der Waals surface area contributed by atoms with Crippen molar-refractivity contribution in [1.29, 1.82) is 0 Å². The summed E-state index contributed by atoms with van der Waals surface area (Å²) in [5.41, 5.74) is 11.2. The van der Waals surface area contributed by atoms with Gasteiger partial charge in [0.25, 0.3) is 0 Å². The Bertz CT molecular complexity index is 781. The maximum atomic E-state index is 12.5. The van der Waals surface area contributed by atoms with E-state index in [0.717, 1.165) is 5.56 Å². The highest BCUT2D eigenvalue weighted by Gasteiger charge is 2.22. The summed E-state index contributed by atoms with van der Waals surface area (Å²) in [4.78, 5) is 47.7. The molecule has 0 saturated heterocycles. The standard InChI is InChI=1S/C23H37N5O8/c24-8-10-33-12-14-35-15-13-34-11-9-26-21(30)16-27-22(31)19(6-7-20(25)29)28-23(32)36-17-18-4-2-1-3-5-18/h1-5,19H,6-17,24H2,(H2,25,29)(H,26,30)(H,27,31)(H,28,32)/t19-/m0/s1. The molecule has 7 N–H and O–H groups in total. The van der Waals surface area contributed by atoms with E-state index in [-0.39, 0.29) is 39.1 Å². The number of carbonyl (C=O) groups excluding carboxylic acids is 4. The monoisotopic (exact) mass is 511 g/mol. The quantitative estimate of drug-likeness (QED) is 0.134. The fraction of sp³-hybridized carbons (Fsp3) is 0.565. The largest absolute Gasteiger partial charge is 0.445 e. The lowest BCUT2D eigenvalue weighted by Gasteiger charge is -2.18. The van der Waals surface area contributed by atoms with Gasteiger partial charge >= 0.3 is 6.09 Å². The Hall–Kier alpha value is -3.26. The highest BCUT2D eigenvalue weighted by atomic mass is 16.6. The molecule has 1 aromatic rings. The number of alkyl carbamates (subject to hydrolysis) is 1. The van der Waals surface area contributed by atoms with E-state index < -0.39 is 29.9 Å². The van der Waals surface area contributed by atoms with Gasteiger partial charge in [0.15, 0.2) is 0 Å². The van der Waals surface area contributed by atoms with Crippen molar-refractivity contribution in [2.24, 2.45) is 11.5 Å². The molecule has 0 saturated carbocycles. The van der Waals surface area contributed by atoms with E-state index in [2.05, 4.69) is 16.0 Å². The molecular formula is C23H37N5O8. The molecule has 4 amide bonds. The lowest BCUT2D eigenvalue weighted by molar-refractivity contribution is -0.127. The van der Waals surface area contributed by atoms with Gasteiger partial charge in [0.05, 0.1) is 46.2 Å². The van der Waals surface area contributed by atoms with Crippen molar-refractivity contribution in [2.75, 3.05) is 59.3 Å². The zero-order valence-corrected chi connectivity index (χ0v) is 20.4. The molecule has 0 aliphatic heterocycles. The van der Waals surface area contributed by atoms with Crippen LogP contribution in [0.25, 0.3) is 0 Å². The van der Waals surface area contributed by atoms with Gasteiger partial charge in [0.2, 0.25) is 17.7 Å². The third kappa shape index (κ3) is 16.4. The molecule has 0 heterocycles. The van der Waals surface area contributed by atoms with Gasteiger partial charge in [-0.25, -0.2) is 4.79 Å². The summed E-state index contributed by atoms with van der Waals surface area (Å²) >= 11 is 0. The van der Waals surface area contributed by atoms with Crippen molar-refractivity contribution >= 4 is 23.8 Å². The number of carbonyl (C=O) groups is 4. The third-order valence-corrected chi connectivity index (χ3v) is 4.50. The Labute approximate surface area is 210 Å². The summed E-state index contributed by atoms with van der Waals surface area (Å²) in [5.74, 6) is -1.72. The van der Waals surface area contributed by atoms with E-state index in [1.165, 1.54) is 0 Å². The number of primary amides is 1. The van der Waals surface area contributed by atoms with E-state index in [4.69, 9.17) is 30.4 Å². The zero-order chi connectivity index (χ0) is 26.4. The molecule has 36 heavy (non-hydrogen) atoms. The van der Waals surface area contributed by atoms with Gasteiger partial charge in [-0.2, -0.15) is 0 Å². The van der Waals surface area contributed by atoms with Gasteiger partial charge in [-0.05, 0) is 12.0 Å². The lowest BCUT2D eigenvalue weighted by atomic mass is 10.1. The predicted molar refractivity (Wildman–Crippen MR) is 130 cm³/mol. The second kappa shape index (κ2) is 20.0. The summed E-state index contributed by atoms with van der Waals surface area (Å²) in [6.07, 6.45) is -1.01. The molecule has 0 bridgehead atoms. The number of nitrogens with one attached hydrogen (secondary N) is 3. The van der Waals surface area contributed by atoms with Crippen LogP contribution in [0.15, 0.2) is 30.3 Å². The van der Waals surface area contributed by atoms with Crippen LogP contribution in [0.2, 0.25) is 0 Å². The van der Waals surface area contributed by atoms with E-state index in [1.807, 2.05) is 6.07 Å². The summed E-state index contributed by atoms with van der Waals surface area (Å²) < 4.78 is 20.9. The topological polar surface area (TPSA) is 193 Å². The van der Waals surface area contributed by atoms with Crippen LogP contribution in [-0.4, -0.2) is 89.1 Å². The molecule has 0 aromatic heterocycles. The Balaban J connectivity index is 2.24. The molecule has 1 atom stereocenters. The SMILES string of the molecule is NCCOCCOCCOCCNC(=O)CNC(=O)[C@H](CCC(N)=O)NC(=O)OCc1ccccc1. The van der Waals surface area contributed by atoms with E-state index >= 15 is 0 Å².